The van der Waals surface area contributed by atoms with Crippen LogP contribution in [0.25, 0.3) is 0 Å². The first-order valence-corrected chi connectivity index (χ1v) is 4.63. The van der Waals surface area contributed by atoms with Crippen molar-refractivity contribution in [2.24, 2.45) is 0 Å². The van der Waals surface area contributed by atoms with E-state index >= 15 is 0 Å². The summed E-state index contributed by atoms with van der Waals surface area (Å²) in [7, 11) is 0. The maximum atomic E-state index is 9.87. The van der Waals surface area contributed by atoms with Crippen molar-refractivity contribution in [3.05, 3.63) is 12.4 Å². The van der Waals surface area contributed by atoms with Crippen LogP contribution in [0.3, 0.4) is 0 Å². The molecule has 4 N–H and O–H groups in total. The second-order valence-electron chi connectivity index (χ2n) is 3.06. The van der Waals surface area contributed by atoms with Crippen molar-refractivity contribution in [2.75, 3.05) is 0 Å². The zero-order valence-electron chi connectivity index (χ0n) is 9.03. The second-order valence-corrected chi connectivity index (χ2v) is 3.06. The molecule has 0 aliphatic rings. The standard InChI is InChI=1S/C6H12O5.C2H2N4/c1-3(8)5(10)6(11)4(9)2-7;1-2-4-6-5-3-1/h2-6,8-11H,1H3;1-2H. The summed E-state index contributed by atoms with van der Waals surface area (Å²) in [6, 6.07) is 0. The molecule has 0 saturated carbocycles. The Hall–Kier alpha value is -1.55. The number of rotatable bonds is 4. The predicted molar refractivity (Wildman–Crippen MR) is 53.4 cm³/mol. The van der Waals surface area contributed by atoms with E-state index in [9.17, 15) is 4.79 Å². The van der Waals surface area contributed by atoms with Gasteiger partial charge in [0.15, 0.2) is 6.29 Å². The number of hydrogen-bond acceptors (Lipinski definition) is 9. The quantitative estimate of drug-likeness (QED) is 0.405. The third-order valence-electron chi connectivity index (χ3n) is 1.68. The SMILES string of the molecule is CC(O)C(O)C(O)C(O)C=O.c1cnnnn1. The summed E-state index contributed by atoms with van der Waals surface area (Å²) in [6.07, 6.45) is -2.95. The molecule has 0 aliphatic heterocycles. The molecule has 17 heavy (non-hydrogen) atoms. The van der Waals surface area contributed by atoms with Crippen molar-refractivity contribution in [1.82, 2.24) is 20.6 Å². The highest BCUT2D eigenvalue weighted by Crippen LogP contribution is 2.02. The van der Waals surface area contributed by atoms with Crippen LogP contribution in [0.15, 0.2) is 12.4 Å². The minimum atomic E-state index is -1.65. The Labute approximate surface area is 96.7 Å². The van der Waals surface area contributed by atoms with Crippen molar-refractivity contribution >= 4 is 6.29 Å². The van der Waals surface area contributed by atoms with Crippen LogP contribution in [0.4, 0.5) is 0 Å². The molecule has 0 aliphatic carbocycles. The molecule has 0 spiro atoms. The zero-order chi connectivity index (χ0) is 13.3. The van der Waals surface area contributed by atoms with Crippen LogP contribution in [-0.2, 0) is 4.79 Å². The number of aldehydes is 1. The first-order valence-electron chi connectivity index (χ1n) is 4.63. The van der Waals surface area contributed by atoms with Crippen molar-refractivity contribution in [3.63, 3.8) is 0 Å². The fourth-order valence-electron chi connectivity index (χ4n) is 0.733. The molecule has 1 heterocycles. The van der Waals surface area contributed by atoms with Crippen molar-refractivity contribution in [2.45, 2.75) is 31.3 Å². The van der Waals surface area contributed by atoms with E-state index in [0.29, 0.717) is 0 Å². The number of nitrogens with zero attached hydrogens (tertiary/aromatic N) is 4. The number of carbonyl (C=O) groups excluding carboxylic acids is 1. The highest BCUT2D eigenvalue weighted by atomic mass is 16.4. The Morgan fingerprint density at radius 2 is 1.47 bits per heavy atom. The summed E-state index contributed by atoms with van der Waals surface area (Å²) in [5.74, 6) is 0. The van der Waals surface area contributed by atoms with Gasteiger partial charge in [0.25, 0.3) is 0 Å². The van der Waals surface area contributed by atoms with Gasteiger partial charge < -0.3 is 25.2 Å². The van der Waals surface area contributed by atoms with E-state index in [1.54, 1.807) is 0 Å². The van der Waals surface area contributed by atoms with Gasteiger partial charge in [-0.15, -0.1) is 10.2 Å². The van der Waals surface area contributed by atoms with Crippen molar-refractivity contribution in [3.8, 4) is 0 Å². The average Bonchev–Trinajstić information content (AvgIpc) is 2.38. The van der Waals surface area contributed by atoms with E-state index in [4.69, 9.17) is 20.4 Å². The van der Waals surface area contributed by atoms with Gasteiger partial charge in [0, 0.05) is 0 Å². The van der Waals surface area contributed by atoms with Gasteiger partial charge in [0.05, 0.1) is 18.5 Å². The molecular weight excluding hydrogens is 232 g/mol. The molecule has 0 saturated heterocycles. The Morgan fingerprint density at radius 3 is 1.71 bits per heavy atom. The molecule has 4 unspecified atom stereocenters. The summed E-state index contributed by atoms with van der Waals surface area (Å²) in [6.45, 7) is 1.24. The molecule has 0 bridgehead atoms. The summed E-state index contributed by atoms with van der Waals surface area (Å²) in [4.78, 5) is 9.87. The van der Waals surface area contributed by atoms with Gasteiger partial charge in [-0.25, -0.2) is 0 Å². The number of hydrogen-bond donors (Lipinski definition) is 4. The number of aliphatic hydroxyl groups excluding tert-OH is 4. The molecule has 0 fully saturated rings. The van der Waals surface area contributed by atoms with Gasteiger partial charge in [-0.05, 0) is 17.4 Å². The highest BCUT2D eigenvalue weighted by Gasteiger charge is 2.27. The van der Waals surface area contributed by atoms with Crippen LogP contribution in [0.1, 0.15) is 6.92 Å². The maximum Gasteiger partial charge on any atom is 0.151 e. The van der Waals surface area contributed by atoms with Crippen LogP contribution < -0.4 is 0 Å². The lowest BCUT2D eigenvalue weighted by Crippen LogP contribution is -2.43. The fraction of sp³-hybridized carbons (Fsp3) is 0.625. The predicted octanol–water partition coefficient (Wildman–Crippen LogP) is -3.08. The maximum absolute atomic E-state index is 9.87. The van der Waals surface area contributed by atoms with E-state index in [-0.39, 0.29) is 6.29 Å². The highest BCUT2D eigenvalue weighted by molar-refractivity contribution is 5.56. The lowest BCUT2D eigenvalue weighted by Gasteiger charge is -2.21. The Bertz CT molecular complexity index is 273. The van der Waals surface area contributed by atoms with Crippen LogP contribution in [0.2, 0.25) is 0 Å². The molecule has 0 amide bonds. The van der Waals surface area contributed by atoms with Gasteiger partial charge in [-0.3, -0.25) is 0 Å². The summed E-state index contributed by atoms with van der Waals surface area (Å²) in [5.41, 5.74) is 0. The lowest BCUT2D eigenvalue weighted by molar-refractivity contribution is -0.132. The first kappa shape index (κ1) is 15.4. The summed E-state index contributed by atoms with van der Waals surface area (Å²) < 4.78 is 0. The monoisotopic (exact) mass is 246 g/mol. The molecule has 9 nitrogen and oxygen atoms in total. The molecular formula is C8H14N4O5. The van der Waals surface area contributed by atoms with Gasteiger partial charge in [0.2, 0.25) is 0 Å². The summed E-state index contributed by atoms with van der Waals surface area (Å²) in [5, 5.41) is 48.2. The molecule has 0 aromatic carbocycles. The largest absolute Gasteiger partial charge is 0.391 e. The minimum Gasteiger partial charge on any atom is -0.391 e. The molecule has 1 aromatic rings. The van der Waals surface area contributed by atoms with E-state index in [0.717, 1.165) is 0 Å². The van der Waals surface area contributed by atoms with Crippen LogP contribution >= 0.6 is 0 Å². The third kappa shape index (κ3) is 6.58. The molecule has 4 atom stereocenters. The molecule has 1 rings (SSSR count). The minimum absolute atomic E-state index is 0.0935. The molecule has 0 radical (unpaired) electrons. The zero-order valence-corrected chi connectivity index (χ0v) is 9.03. The third-order valence-corrected chi connectivity index (χ3v) is 1.68. The normalized spacial score (nSPS) is 17.0. The van der Waals surface area contributed by atoms with Gasteiger partial charge in [0.1, 0.15) is 18.3 Å². The van der Waals surface area contributed by atoms with Crippen molar-refractivity contribution < 1.29 is 25.2 Å². The van der Waals surface area contributed by atoms with Crippen LogP contribution in [0.5, 0.6) is 0 Å². The van der Waals surface area contributed by atoms with Gasteiger partial charge in [-0.2, -0.15) is 0 Å². The van der Waals surface area contributed by atoms with Crippen molar-refractivity contribution in [1.29, 1.82) is 0 Å². The lowest BCUT2D eigenvalue weighted by atomic mass is 10.1. The van der Waals surface area contributed by atoms with Gasteiger partial charge in [-0.1, -0.05) is 0 Å². The fourth-order valence-corrected chi connectivity index (χ4v) is 0.733. The first-order chi connectivity index (χ1) is 8.00. The van der Waals surface area contributed by atoms with E-state index in [1.807, 2.05) is 0 Å². The number of carbonyl (C=O) groups is 1. The second kappa shape index (κ2) is 8.58. The smallest absolute Gasteiger partial charge is 0.151 e. The Kier molecular flexibility index (Phi) is 7.80. The van der Waals surface area contributed by atoms with Gasteiger partial charge >= 0.3 is 0 Å². The van der Waals surface area contributed by atoms with E-state index in [2.05, 4.69) is 20.6 Å². The van der Waals surface area contributed by atoms with E-state index < -0.39 is 24.4 Å². The molecule has 96 valence electrons. The Morgan fingerprint density at radius 1 is 1.00 bits per heavy atom. The Balaban J connectivity index is 0.000000354. The van der Waals surface area contributed by atoms with Crippen LogP contribution in [0, 0.1) is 0 Å². The van der Waals surface area contributed by atoms with E-state index in [1.165, 1.54) is 19.3 Å². The average molecular weight is 246 g/mol. The molecule has 9 heteroatoms. The number of aromatic nitrogens is 4. The topological polar surface area (TPSA) is 150 Å². The number of aliphatic hydroxyl groups is 4. The summed E-state index contributed by atoms with van der Waals surface area (Å²) >= 11 is 0. The van der Waals surface area contributed by atoms with Crippen LogP contribution in [-0.4, -0.2) is 71.8 Å². The molecule has 1 aromatic heterocycles.